The quantitative estimate of drug-likeness (QED) is 0.442. The molecule has 34 heavy (non-hydrogen) atoms. The fourth-order valence-corrected chi connectivity index (χ4v) is 4.47. The number of carbonyl (C=O) groups is 2. The van der Waals surface area contributed by atoms with Crippen molar-refractivity contribution >= 4 is 11.8 Å². The SMILES string of the molecule is CC[C@H](C(=O)NC1CCCCC1)N(Cc1ccc(OC)cc1)C(=O)CCCOc1ccccc1. The lowest BCUT2D eigenvalue weighted by Gasteiger charge is -2.33. The van der Waals surface area contributed by atoms with E-state index in [1.54, 1.807) is 12.0 Å². The van der Waals surface area contributed by atoms with Gasteiger partial charge in [-0.25, -0.2) is 0 Å². The number of hydrogen-bond donors (Lipinski definition) is 1. The Labute approximate surface area is 203 Å². The molecule has 2 aromatic carbocycles. The number of ether oxygens (including phenoxy) is 2. The summed E-state index contributed by atoms with van der Waals surface area (Å²) in [6.45, 7) is 2.81. The van der Waals surface area contributed by atoms with E-state index in [1.165, 1.54) is 6.42 Å². The van der Waals surface area contributed by atoms with Crippen molar-refractivity contribution in [2.75, 3.05) is 13.7 Å². The zero-order chi connectivity index (χ0) is 24.2. The summed E-state index contributed by atoms with van der Waals surface area (Å²) in [6, 6.07) is 17.0. The second-order valence-corrected chi connectivity index (χ2v) is 8.90. The normalized spacial score (nSPS) is 14.8. The minimum Gasteiger partial charge on any atom is -0.497 e. The van der Waals surface area contributed by atoms with Gasteiger partial charge in [0, 0.05) is 19.0 Å². The molecule has 0 unspecified atom stereocenters. The van der Waals surface area contributed by atoms with Crippen LogP contribution in [0.3, 0.4) is 0 Å². The summed E-state index contributed by atoms with van der Waals surface area (Å²) in [5.41, 5.74) is 0.971. The molecule has 1 atom stereocenters. The van der Waals surface area contributed by atoms with Crippen LogP contribution in [0.15, 0.2) is 54.6 Å². The monoisotopic (exact) mass is 466 g/mol. The van der Waals surface area contributed by atoms with E-state index in [2.05, 4.69) is 5.32 Å². The van der Waals surface area contributed by atoms with E-state index >= 15 is 0 Å². The predicted octanol–water partition coefficient (Wildman–Crippen LogP) is 5.11. The summed E-state index contributed by atoms with van der Waals surface area (Å²) in [5.74, 6) is 1.49. The fourth-order valence-electron chi connectivity index (χ4n) is 4.47. The molecular weight excluding hydrogens is 428 g/mol. The summed E-state index contributed by atoms with van der Waals surface area (Å²) < 4.78 is 11.0. The lowest BCUT2D eigenvalue weighted by Crippen LogP contribution is -2.51. The molecule has 6 heteroatoms. The van der Waals surface area contributed by atoms with Crippen LogP contribution in [0.1, 0.15) is 63.9 Å². The van der Waals surface area contributed by atoms with E-state index in [0.29, 0.717) is 32.4 Å². The molecule has 0 heterocycles. The lowest BCUT2D eigenvalue weighted by atomic mass is 9.95. The molecule has 0 radical (unpaired) electrons. The molecule has 2 aromatic rings. The number of nitrogens with zero attached hydrogens (tertiary/aromatic N) is 1. The first kappa shape index (κ1) is 25.6. The average molecular weight is 467 g/mol. The standard InChI is InChI=1S/C28H38N2O4/c1-3-26(28(32)29-23-11-6-4-7-12-23)30(21-22-16-18-24(33-2)19-17-22)27(31)15-10-20-34-25-13-8-5-9-14-25/h5,8-9,13-14,16-19,23,26H,3-4,6-7,10-12,15,20-21H2,1-2H3,(H,29,32)/t26-/m1/s1. The topological polar surface area (TPSA) is 67.9 Å². The zero-order valence-electron chi connectivity index (χ0n) is 20.5. The maximum atomic E-state index is 13.3. The number of benzene rings is 2. The molecule has 1 N–H and O–H groups in total. The molecule has 1 saturated carbocycles. The Bertz CT molecular complexity index is 879. The highest BCUT2D eigenvalue weighted by molar-refractivity contribution is 5.87. The summed E-state index contributed by atoms with van der Waals surface area (Å²) >= 11 is 0. The van der Waals surface area contributed by atoms with Gasteiger partial charge in [0.05, 0.1) is 13.7 Å². The number of amides is 2. The van der Waals surface area contributed by atoms with Gasteiger partial charge in [0.1, 0.15) is 17.5 Å². The first-order valence-electron chi connectivity index (χ1n) is 12.5. The molecule has 0 bridgehead atoms. The van der Waals surface area contributed by atoms with Gasteiger partial charge in [0.25, 0.3) is 0 Å². The van der Waals surface area contributed by atoms with Gasteiger partial charge in [0.2, 0.25) is 11.8 Å². The molecule has 184 valence electrons. The third-order valence-corrected chi connectivity index (χ3v) is 6.40. The minimum absolute atomic E-state index is 0.0295. The summed E-state index contributed by atoms with van der Waals surface area (Å²) in [6.07, 6.45) is 7.06. The van der Waals surface area contributed by atoms with Crippen molar-refractivity contribution in [2.45, 2.75) is 76.9 Å². The van der Waals surface area contributed by atoms with Crippen LogP contribution in [0.25, 0.3) is 0 Å². The highest BCUT2D eigenvalue weighted by Gasteiger charge is 2.30. The van der Waals surface area contributed by atoms with Gasteiger partial charge >= 0.3 is 0 Å². The molecule has 1 fully saturated rings. The van der Waals surface area contributed by atoms with Gasteiger partial charge in [-0.3, -0.25) is 9.59 Å². The number of nitrogens with one attached hydrogen (secondary N) is 1. The van der Waals surface area contributed by atoms with Crippen molar-refractivity contribution in [1.29, 1.82) is 0 Å². The van der Waals surface area contributed by atoms with Crippen LogP contribution in [0, 0.1) is 0 Å². The van der Waals surface area contributed by atoms with Crippen molar-refractivity contribution in [1.82, 2.24) is 10.2 Å². The second kappa shape index (κ2) is 13.6. The minimum atomic E-state index is -0.494. The maximum absolute atomic E-state index is 13.3. The number of carbonyl (C=O) groups excluding carboxylic acids is 2. The zero-order valence-corrected chi connectivity index (χ0v) is 20.5. The molecule has 2 amide bonds. The van der Waals surface area contributed by atoms with Gasteiger partial charge in [-0.1, -0.05) is 56.5 Å². The van der Waals surface area contributed by atoms with Crippen LogP contribution in [0.5, 0.6) is 11.5 Å². The van der Waals surface area contributed by atoms with Crippen molar-refractivity contribution in [2.24, 2.45) is 0 Å². The average Bonchev–Trinajstić information content (AvgIpc) is 2.88. The molecule has 1 aliphatic carbocycles. The van der Waals surface area contributed by atoms with Gasteiger partial charge in [-0.2, -0.15) is 0 Å². The maximum Gasteiger partial charge on any atom is 0.243 e. The van der Waals surface area contributed by atoms with Crippen molar-refractivity contribution in [3.05, 3.63) is 60.2 Å². The highest BCUT2D eigenvalue weighted by atomic mass is 16.5. The van der Waals surface area contributed by atoms with Gasteiger partial charge in [-0.15, -0.1) is 0 Å². The lowest BCUT2D eigenvalue weighted by molar-refractivity contribution is -0.142. The first-order valence-corrected chi connectivity index (χ1v) is 12.5. The summed E-state index contributed by atoms with van der Waals surface area (Å²) in [7, 11) is 1.63. The Morgan fingerprint density at radius 1 is 1.00 bits per heavy atom. The van der Waals surface area contributed by atoms with Gasteiger partial charge in [0.15, 0.2) is 0 Å². The van der Waals surface area contributed by atoms with Gasteiger partial charge in [-0.05, 0) is 55.5 Å². The Hall–Kier alpha value is -3.02. The third-order valence-electron chi connectivity index (χ3n) is 6.40. The van der Waals surface area contributed by atoms with Crippen LogP contribution in [0.2, 0.25) is 0 Å². The summed E-state index contributed by atoms with van der Waals surface area (Å²) in [4.78, 5) is 28.3. The Balaban J connectivity index is 1.65. The molecule has 0 aliphatic heterocycles. The van der Waals surface area contributed by atoms with Crippen LogP contribution in [0.4, 0.5) is 0 Å². The number of rotatable bonds is 12. The van der Waals surface area contributed by atoms with E-state index in [-0.39, 0.29) is 17.9 Å². The van der Waals surface area contributed by atoms with E-state index in [0.717, 1.165) is 42.7 Å². The predicted molar refractivity (Wildman–Crippen MR) is 134 cm³/mol. The number of methoxy groups -OCH3 is 1. The Morgan fingerprint density at radius 3 is 2.35 bits per heavy atom. The molecular formula is C28H38N2O4. The highest BCUT2D eigenvalue weighted by Crippen LogP contribution is 2.20. The Kier molecular flexibility index (Phi) is 10.3. The van der Waals surface area contributed by atoms with Crippen LogP contribution in [-0.2, 0) is 16.1 Å². The van der Waals surface area contributed by atoms with Crippen molar-refractivity contribution in [3.63, 3.8) is 0 Å². The van der Waals surface area contributed by atoms with E-state index in [4.69, 9.17) is 9.47 Å². The largest absolute Gasteiger partial charge is 0.497 e. The van der Waals surface area contributed by atoms with Crippen molar-refractivity contribution in [3.8, 4) is 11.5 Å². The molecule has 1 aliphatic rings. The van der Waals surface area contributed by atoms with E-state index in [1.807, 2.05) is 61.5 Å². The van der Waals surface area contributed by atoms with E-state index in [9.17, 15) is 9.59 Å². The van der Waals surface area contributed by atoms with Crippen molar-refractivity contribution < 1.29 is 19.1 Å². The molecule has 3 rings (SSSR count). The number of hydrogen-bond acceptors (Lipinski definition) is 4. The van der Waals surface area contributed by atoms with Crippen LogP contribution < -0.4 is 14.8 Å². The molecule has 6 nitrogen and oxygen atoms in total. The number of para-hydroxylation sites is 1. The fraction of sp³-hybridized carbons (Fsp3) is 0.500. The second-order valence-electron chi connectivity index (χ2n) is 8.90. The first-order chi connectivity index (χ1) is 16.6. The molecule has 0 aromatic heterocycles. The Morgan fingerprint density at radius 2 is 1.71 bits per heavy atom. The van der Waals surface area contributed by atoms with Crippen LogP contribution in [-0.4, -0.2) is 42.5 Å². The molecule has 0 spiro atoms. The molecule has 0 saturated heterocycles. The summed E-state index contributed by atoms with van der Waals surface area (Å²) in [5, 5.41) is 3.22. The van der Waals surface area contributed by atoms with Crippen LogP contribution >= 0.6 is 0 Å². The smallest absolute Gasteiger partial charge is 0.243 e. The van der Waals surface area contributed by atoms with E-state index < -0.39 is 6.04 Å². The third kappa shape index (κ3) is 7.79. The van der Waals surface area contributed by atoms with Gasteiger partial charge < -0.3 is 19.7 Å².